The van der Waals surface area contributed by atoms with Gasteiger partial charge in [0.2, 0.25) is 5.89 Å². The number of oxazole rings is 1. The van der Waals surface area contributed by atoms with Gasteiger partial charge in [0.25, 0.3) is 0 Å². The van der Waals surface area contributed by atoms with Crippen LogP contribution in [0.5, 0.6) is 0 Å². The highest BCUT2D eigenvalue weighted by Gasteiger charge is 2.14. The second-order valence-corrected chi connectivity index (χ2v) is 5.33. The van der Waals surface area contributed by atoms with Gasteiger partial charge in [0.15, 0.2) is 0 Å². The molecule has 112 valence electrons. The van der Waals surface area contributed by atoms with E-state index in [0.717, 1.165) is 5.69 Å². The molecule has 2 aromatic rings. The second-order valence-electron chi connectivity index (χ2n) is 4.30. The normalized spacial score (nSPS) is 12.1. The van der Waals surface area contributed by atoms with Gasteiger partial charge in [-0.3, -0.25) is 4.79 Å². The zero-order valence-corrected chi connectivity index (χ0v) is 12.2. The molecule has 0 aliphatic heterocycles. The summed E-state index contributed by atoms with van der Waals surface area (Å²) in [5.41, 5.74) is 7.07. The smallest absolute Gasteiger partial charge is 0.323 e. The molecule has 0 bridgehead atoms. The highest BCUT2D eigenvalue weighted by atomic mass is 32.2. The summed E-state index contributed by atoms with van der Waals surface area (Å²) in [6, 6.07) is 5.26. The van der Waals surface area contributed by atoms with Crippen molar-refractivity contribution in [2.24, 2.45) is 5.73 Å². The van der Waals surface area contributed by atoms with Crippen molar-refractivity contribution in [2.45, 2.75) is 11.8 Å². The Morgan fingerprint density at radius 1 is 1.48 bits per heavy atom. The Balaban J connectivity index is 1.89. The van der Waals surface area contributed by atoms with Gasteiger partial charge in [-0.15, -0.1) is 0 Å². The van der Waals surface area contributed by atoms with Gasteiger partial charge in [-0.2, -0.15) is 11.8 Å². The first-order chi connectivity index (χ1) is 10.1. The maximum atomic E-state index is 12.8. The molecule has 1 atom stereocenters. The molecule has 0 saturated heterocycles. The zero-order valence-electron chi connectivity index (χ0n) is 11.4. The summed E-state index contributed by atoms with van der Waals surface area (Å²) < 4.78 is 22.7. The molecule has 21 heavy (non-hydrogen) atoms. The number of rotatable bonds is 6. The molecule has 2 rings (SSSR count). The third-order valence-corrected chi connectivity index (χ3v) is 3.79. The number of methoxy groups -OCH3 is 1. The lowest BCUT2D eigenvalue weighted by atomic mass is 10.2. The summed E-state index contributed by atoms with van der Waals surface area (Å²) >= 11 is 1.46. The van der Waals surface area contributed by atoms with Crippen molar-refractivity contribution in [1.29, 1.82) is 0 Å². The van der Waals surface area contributed by atoms with Crippen LogP contribution in [0, 0.1) is 5.82 Å². The summed E-state index contributed by atoms with van der Waals surface area (Å²) in [7, 11) is 1.31. The molecule has 1 aromatic heterocycles. The molecule has 0 radical (unpaired) electrons. The first kappa shape index (κ1) is 15.5. The second kappa shape index (κ2) is 7.24. The number of esters is 1. The fourth-order valence-electron chi connectivity index (χ4n) is 1.61. The molecule has 7 heteroatoms. The molecule has 0 amide bonds. The zero-order chi connectivity index (χ0) is 15.2. The van der Waals surface area contributed by atoms with Gasteiger partial charge in [0.05, 0.1) is 12.8 Å². The van der Waals surface area contributed by atoms with E-state index >= 15 is 0 Å². The number of carbonyl (C=O) groups is 1. The minimum atomic E-state index is -0.650. The number of ether oxygens (including phenoxy) is 1. The Bertz CT molecular complexity index is 601. The standard InChI is InChI=1S/C14H15FN2O3S/c1-19-14(18)12(16)8-21-7-11-6-20-13(17-11)9-2-4-10(15)5-3-9/h2-6,12H,7-8,16H2,1H3. The minimum Gasteiger partial charge on any atom is -0.468 e. The van der Waals surface area contributed by atoms with Gasteiger partial charge in [-0.1, -0.05) is 0 Å². The molecule has 0 aliphatic rings. The fraction of sp³-hybridized carbons (Fsp3) is 0.286. The Kier molecular flexibility index (Phi) is 5.35. The molecule has 0 aliphatic carbocycles. The summed E-state index contributed by atoms with van der Waals surface area (Å²) in [5, 5.41) is 0. The van der Waals surface area contributed by atoms with Crippen LogP contribution in [0.4, 0.5) is 4.39 Å². The van der Waals surface area contributed by atoms with E-state index in [2.05, 4.69) is 9.72 Å². The largest absolute Gasteiger partial charge is 0.468 e. The molecular formula is C14H15FN2O3S. The number of hydrogen-bond donors (Lipinski definition) is 1. The molecule has 2 N–H and O–H groups in total. The maximum Gasteiger partial charge on any atom is 0.323 e. The molecule has 5 nitrogen and oxygen atoms in total. The van der Waals surface area contributed by atoms with Crippen LogP contribution < -0.4 is 5.73 Å². The first-order valence-electron chi connectivity index (χ1n) is 6.21. The van der Waals surface area contributed by atoms with Crippen molar-refractivity contribution in [3.8, 4) is 11.5 Å². The number of nitrogens with two attached hydrogens (primary N) is 1. The molecule has 0 fully saturated rings. The van der Waals surface area contributed by atoms with E-state index in [0.29, 0.717) is 23.0 Å². The van der Waals surface area contributed by atoms with Crippen LogP contribution in [0.15, 0.2) is 34.9 Å². The van der Waals surface area contributed by atoms with Gasteiger partial charge in [0, 0.05) is 17.1 Å². The number of benzene rings is 1. The van der Waals surface area contributed by atoms with Gasteiger partial charge >= 0.3 is 5.97 Å². The van der Waals surface area contributed by atoms with Crippen molar-refractivity contribution in [1.82, 2.24) is 4.98 Å². The van der Waals surface area contributed by atoms with Crippen LogP contribution in [-0.4, -0.2) is 29.9 Å². The van der Waals surface area contributed by atoms with Crippen molar-refractivity contribution < 1.29 is 18.3 Å². The lowest BCUT2D eigenvalue weighted by Gasteiger charge is -2.07. The lowest BCUT2D eigenvalue weighted by Crippen LogP contribution is -2.33. The van der Waals surface area contributed by atoms with Crippen molar-refractivity contribution >= 4 is 17.7 Å². The van der Waals surface area contributed by atoms with Crippen molar-refractivity contribution in [3.63, 3.8) is 0 Å². The van der Waals surface area contributed by atoms with Gasteiger partial charge in [-0.25, -0.2) is 9.37 Å². The molecule has 0 saturated carbocycles. The van der Waals surface area contributed by atoms with Gasteiger partial charge in [-0.05, 0) is 24.3 Å². The van der Waals surface area contributed by atoms with Crippen molar-refractivity contribution in [3.05, 3.63) is 42.0 Å². The van der Waals surface area contributed by atoms with E-state index in [9.17, 15) is 9.18 Å². The van der Waals surface area contributed by atoms with E-state index in [4.69, 9.17) is 10.2 Å². The molecule has 1 heterocycles. The summed E-state index contributed by atoms with van der Waals surface area (Å²) in [5.74, 6) is 0.691. The molecule has 0 spiro atoms. The van der Waals surface area contributed by atoms with Crippen LogP contribution >= 0.6 is 11.8 Å². The SMILES string of the molecule is COC(=O)C(N)CSCc1coc(-c2ccc(F)cc2)n1. The predicted molar refractivity (Wildman–Crippen MR) is 78.1 cm³/mol. The highest BCUT2D eigenvalue weighted by molar-refractivity contribution is 7.98. The van der Waals surface area contributed by atoms with Crippen LogP contribution in [0.3, 0.4) is 0 Å². The third kappa shape index (κ3) is 4.30. The number of thioether (sulfide) groups is 1. The number of nitrogens with zero attached hydrogens (tertiary/aromatic N) is 1. The highest BCUT2D eigenvalue weighted by Crippen LogP contribution is 2.21. The first-order valence-corrected chi connectivity index (χ1v) is 7.37. The summed E-state index contributed by atoms with van der Waals surface area (Å²) in [6.45, 7) is 0. The topological polar surface area (TPSA) is 78.4 Å². The summed E-state index contributed by atoms with van der Waals surface area (Å²) in [4.78, 5) is 15.5. The van der Waals surface area contributed by atoms with Crippen LogP contribution in [-0.2, 0) is 15.3 Å². The fourth-order valence-corrected chi connectivity index (χ4v) is 2.46. The molecule has 1 unspecified atom stereocenters. The van der Waals surface area contributed by atoms with Gasteiger partial charge in [0.1, 0.15) is 18.1 Å². The van der Waals surface area contributed by atoms with Crippen molar-refractivity contribution in [2.75, 3.05) is 12.9 Å². The Morgan fingerprint density at radius 3 is 2.86 bits per heavy atom. The number of carbonyl (C=O) groups excluding carboxylic acids is 1. The summed E-state index contributed by atoms with van der Waals surface area (Å²) in [6.07, 6.45) is 1.54. The van der Waals surface area contributed by atoms with Crippen LogP contribution in [0.25, 0.3) is 11.5 Å². The van der Waals surface area contributed by atoms with E-state index in [-0.39, 0.29) is 5.82 Å². The Labute approximate surface area is 125 Å². The average molecular weight is 310 g/mol. The van der Waals surface area contributed by atoms with Crippen LogP contribution in [0.2, 0.25) is 0 Å². The quantitative estimate of drug-likeness (QED) is 0.824. The van der Waals surface area contributed by atoms with E-state index in [1.165, 1.54) is 37.3 Å². The number of aromatic nitrogens is 1. The Morgan fingerprint density at radius 2 is 2.19 bits per heavy atom. The molecule has 1 aromatic carbocycles. The molecular weight excluding hydrogens is 295 g/mol. The Hall–Kier alpha value is -1.86. The van der Waals surface area contributed by atoms with Gasteiger partial charge < -0.3 is 14.9 Å². The monoisotopic (exact) mass is 310 g/mol. The maximum absolute atomic E-state index is 12.8. The van der Waals surface area contributed by atoms with E-state index in [1.54, 1.807) is 12.1 Å². The predicted octanol–water partition coefficient (Wildman–Crippen LogP) is 2.21. The third-order valence-electron chi connectivity index (χ3n) is 2.69. The van der Waals surface area contributed by atoms with E-state index in [1.807, 2.05) is 0 Å². The number of hydrogen-bond acceptors (Lipinski definition) is 6. The number of halogens is 1. The lowest BCUT2D eigenvalue weighted by molar-refractivity contribution is -0.141. The minimum absolute atomic E-state index is 0.308. The van der Waals surface area contributed by atoms with Crippen LogP contribution in [0.1, 0.15) is 5.69 Å². The van der Waals surface area contributed by atoms with E-state index < -0.39 is 12.0 Å². The average Bonchev–Trinajstić information content (AvgIpc) is 2.95.